The molecule has 1 N–H and O–H groups in total. The molecular weight excluding hydrogens is 316 g/mol. The van der Waals surface area contributed by atoms with Gasteiger partial charge >= 0.3 is 6.09 Å². The van der Waals surface area contributed by atoms with Crippen molar-refractivity contribution >= 4 is 17.7 Å². The molecular formula is C17H27ClN2O3. The maximum Gasteiger partial charge on any atom is 0.410 e. The third kappa shape index (κ3) is 8.21. The number of benzene rings is 1. The van der Waals surface area contributed by atoms with Crippen LogP contribution in [0.25, 0.3) is 0 Å². The van der Waals surface area contributed by atoms with Crippen LogP contribution in [0.4, 0.5) is 4.79 Å². The number of amides is 1. The number of hydrogen-bond acceptors (Lipinski definition) is 4. The maximum absolute atomic E-state index is 12.2. The summed E-state index contributed by atoms with van der Waals surface area (Å²) in [6.45, 7) is 8.39. The maximum atomic E-state index is 12.2. The molecule has 0 atom stereocenters. The number of halogens is 1. The molecule has 1 aromatic rings. The number of ether oxygens (including phenoxy) is 2. The van der Waals surface area contributed by atoms with Gasteiger partial charge in [-0.25, -0.2) is 4.79 Å². The summed E-state index contributed by atoms with van der Waals surface area (Å²) in [5, 5.41) is 4.03. The van der Waals surface area contributed by atoms with E-state index in [0.29, 0.717) is 32.8 Å². The van der Waals surface area contributed by atoms with Crippen LogP contribution >= 0.6 is 11.6 Å². The van der Waals surface area contributed by atoms with Gasteiger partial charge in [0.2, 0.25) is 0 Å². The van der Waals surface area contributed by atoms with E-state index >= 15 is 0 Å². The van der Waals surface area contributed by atoms with Crippen LogP contribution in [0.3, 0.4) is 0 Å². The van der Waals surface area contributed by atoms with Crippen molar-refractivity contribution in [2.24, 2.45) is 0 Å². The van der Waals surface area contributed by atoms with Crippen LogP contribution in [-0.2, 0) is 16.0 Å². The fourth-order valence-electron chi connectivity index (χ4n) is 1.90. The summed E-state index contributed by atoms with van der Waals surface area (Å²) in [7, 11) is 1.61. The van der Waals surface area contributed by atoms with Gasteiger partial charge in [0, 0.05) is 38.3 Å². The highest BCUT2D eigenvalue weighted by Crippen LogP contribution is 2.14. The molecule has 0 aromatic heterocycles. The second-order valence-corrected chi connectivity index (χ2v) is 6.64. The molecule has 0 radical (unpaired) electrons. The van der Waals surface area contributed by atoms with Crippen molar-refractivity contribution in [2.75, 3.05) is 33.4 Å². The molecule has 0 aliphatic rings. The summed E-state index contributed by atoms with van der Waals surface area (Å²) < 4.78 is 10.5. The first kappa shape index (κ1) is 19.7. The van der Waals surface area contributed by atoms with E-state index in [1.54, 1.807) is 12.0 Å². The zero-order valence-corrected chi connectivity index (χ0v) is 15.2. The molecule has 1 rings (SSSR count). The minimum atomic E-state index is -0.507. The summed E-state index contributed by atoms with van der Waals surface area (Å²) in [5.74, 6) is 0. The van der Waals surface area contributed by atoms with Gasteiger partial charge in [0.25, 0.3) is 0 Å². The van der Waals surface area contributed by atoms with E-state index < -0.39 is 5.60 Å². The molecule has 0 aliphatic heterocycles. The lowest BCUT2D eigenvalue weighted by Gasteiger charge is -2.27. The molecule has 1 amide bonds. The molecule has 0 fully saturated rings. The van der Waals surface area contributed by atoms with Crippen LogP contribution in [0.1, 0.15) is 26.3 Å². The van der Waals surface area contributed by atoms with Crippen LogP contribution in [-0.4, -0.2) is 49.9 Å². The van der Waals surface area contributed by atoms with Crippen molar-refractivity contribution < 1.29 is 14.3 Å². The topological polar surface area (TPSA) is 50.8 Å². The molecule has 6 heteroatoms. The number of rotatable bonds is 8. The summed E-state index contributed by atoms with van der Waals surface area (Å²) in [6.07, 6.45) is -0.325. The molecule has 0 bridgehead atoms. The summed E-state index contributed by atoms with van der Waals surface area (Å²) >= 11 is 6.12. The van der Waals surface area contributed by atoms with Crippen LogP contribution in [0.5, 0.6) is 0 Å². The van der Waals surface area contributed by atoms with Gasteiger partial charge in [-0.05, 0) is 32.4 Å². The van der Waals surface area contributed by atoms with Gasteiger partial charge < -0.3 is 19.7 Å². The fourth-order valence-corrected chi connectivity index (χ4v) is 2.10. The SMILES string of the molecule is COCCN(CCNCc1ccccc1Cl)C(=O)OC(C)(C)C. The Hall–Kier alpha value is -1.30. The van der Waals surface area contributed by atoms with E-state index in [0.717, 1.165) is 10.6 Å². The zero-order valence-electron chi connectivity index (χ0n) is 14.4. The molecule has 1 aromatic carbocycles. The number of methoxy groups -OCH3 is 1. The zero-order chi connectivity index (χ0) is 17.3. The molecule has 130 valence electrons. The highest BCUT2D eigenvalue weighted by atomic mass is 35.5. The highest BCUT2D eigenvalue weighted by Gasteiger charge is 2.21. The smallest absolute Gasteiger partial charge is 0.410 e. The number of hydrogen-bond donors (Lipinski definition) is 1. The van der Waals surface area contributed by atoms with E-state index in [1.165, 1.54) is 0 Å². The van der Waals surface area contributed by atoms with Gasteiger partial charge in [-0.15, -0.1) is 0 Å². The number of carbonyl (C=O) groups is 1. The van der Waals surface area contributed by atoms with Crippen LogP contribution in [0.2, 0.25) is 5.02 Å². The van der Waals surface area contributed by atoms with Crippen molar-refractivity contribution in [2.45, 2.75) is 32.9 Å². The average molecular weight is 343 g/mol. The van der Waals surface area contributed by atoms with Crippen molar-refractivity contribution in [3.8, 4) is 0 Å². The van der Waals surface area contributed by atoms with Gasteiger partial charge in [0.15, 0.2) is 0 Å². The molecule has 0 heterocycles. The monoisotopic (exact) mass is 342 g/mol. The highest BCUT2D eigenvalue weighted by molar-refractivity contribution is 6.31. The fraction of sp³-hybridized carbons (Fsp3) is 0.588. The predicted molar refractivity (Wildman–Crippen MR) is 92.8 cm³/mol. The lowest BCUT2D eigenvalue weighted by Crippen LogP contribution is -2.42. The van der Waals surface area contributed by atoms with Crippen molar-refractivity contribution in [3.63, 3.8) is 0 Å². The van der Waals surface area contributed by atoms with E-state index in [1.807, 2.05) is 45.0 Å². The minimum Gasteiger partial charge on any atom is -0.444 e. The Morgan fingerprint density at radius 2 is 1.96 bits per heavy atom. The van der Waals surface area contributed by atoms with Crippen LogP contribution in [0, 0.1) is 0 Å². The molecule has 0 aliphatic carbocycles. The van der Waals surface area contributed by atoms with Gasteiger partial charge in [-0.3, -0.25) is 0 Å². The summed E-state index contributed by atoms with van der Waals surface area (Å²) in [5.41, 5.74) is 0.530. The Morgan fingerprint density at radius 3 is 2.57 bits per heavy atom. The van der Waals surface area contributed by atoms with E-state index in [-0.39, 0.29) is 6.09 Å². The lowest BCUT2D eigenvalue weighted by atomic mass is 10.2. The second kappa shape index (κ2) is 9.75. The standard InChI is InChI=1S/C17H27ClN2O3/c1-17(2,3)23-16(21)20(11-12-22-4)10-9-19-13-14-7-5-6-8-15(14)18/h5-8,19H,9-13H2,1-4H3. The summed E-state index contributed by atoms with van der Waals surface area (Å²) in [4.78, 5) is 13.8. The van der Waals surface area contributed by atoms with Gasteiger partial charge in [-0.1, -0.05) is 29.8 Å². The Morgan fingerprint density at radius 1 is 1.26 bits per heavy atom. The molecule has 0 spiro atoms. The second-order valence-electron chi connectivity index (χ2n) is 6.23. The Bertz CT molecular complexity index is 489. The van der Waals surface area contributed by atoms with E-state index in [4.69, 9.17) is 21.1 Å². The van der Waals surface area contributed by atoms with Gasteiger partial charge in [-0.2, -0.15) is 0 Å². The third-order valence-corrected chi connectivity index (χ3v) is 3.42. The first-order valence-corrected chi connectivity index (χ1v) is 8.12. The van der Waals surface area contributed by atoms with Crippen molar-refractivity contribution in [1.82, 2.24) is 10.2 Å². The molecule has 0 unspecified atom stereocenters. The number of nitrogens with one attached hydrogen (secondary N) is 1. The minimum absolute atomic E-state index is 0.325. The average Bonchev–Trinajstić information content (AvgIpc) is 2.46. The van der Waals surface area contributed by atoms with Gasteiger partial charge in [0.1, 0.15) is 5.60 Å². The van der Waals surface area contributed by atoms with Crippen LogP contribution < -0.4 is 5.32 Å². The van der Waals surface area contributed by atoms with E-state index in [2.05, 4.69) is 5.32 Å². The quantitative estimate of drug-likeness (QED) is 0.736. The first-order chi connectivity index (χ1) is 10.8. The summed E-state index contributed by atoms with van der Waals surface area (Å²) in [6, 6.07) is 7.70. The molecule has 5 nitrogen and oxygen atoms in total. The Labute approximate surface area is 143 Å². The van der Waals surface area contributed by atoms with Gasteiger partial charge in [0.05, 0.1) is 6.61 Å². The lowest BCUT2D eigenvalue weighted by molar-refractivity contribution is 0.0204. The van der Waals surface area contributed by atoms with Crippen molar-refractivity contribution in [3.05, 3.63) is 34.9 Å². The molecule has 0 saturated carbocycles. The van der Waals surface area contributed by atoms with Crippen molar-refractivity contribution in [1.29, 1.82) is 0 Å². The Kier molecular flexibility index (Phi) is 8.37. The largest absolute Gasteiger partial charge is 0.444 e. The number of nitrogens with zero attached hydrogens (tertiary/aromatic N) is 1. The predicted octanol–water partition coefficient (Wildman–Crippen LogP) is 3.31. The number of carbonyl (C=O) groups excluding carboxylic acids is 1. The first-order valence-electron chi connectivity index (χ1n) is 7.74. The van der Waals surface area contributed by atoms with Crippen LogP contribution in [0.15, 0.2) is 24.3 Å². The molecule has 0 saturated heterocycles. The molecule has 23 heavy (non-hydrogen) atoms. The normalized spacial score (nSPS) is 11.3. The Balaban J connectivity index is 2.44. The van der Waals surface area contributed by atoms with E-state index in [9.17, 15) is 4.79 Å². The third-order valence-electron chi connectivity index (χ3n) is 3.05.